The van der Waals surface area contributed by atoms with E-state index in [2.05, 4.69) is 10.2 Å². The van der Waals surface area contributed by atoms with Gasteiger partial charge >= 0.3 is 0 Å². The van der Waals surface area contributed by atoms with E-state index < -0.39 is 11.6 Å². The summed E-state index contributed by atoms with van der Waals surface area (Å²) < 4.78 is 26.4. The zero-order valence-electron chi connectivity index (χ0n) is 16.1. The van der Waals surface area contributed by atoms with E-state index in [9.17, 15) is 18.4 Å². The van der Waals surface area contributed by atoms with Crippen molar-refractivity contribution in [3.63, 3.8) is 0 Å². The summed E-state index contributed by atoms with van der Waals surface area (Å²) in [6, 6.07) is 3.36. The van der Waals surface area contributed by atoms with Crippen LogP contribution >= 0.6 is 11.3 Å². The van der Waals surface area contributed by atoms with Gasteiger partial charge in [0.2, 0.25) is 11.8 Å². The number of nitrogens with one attached hydrogen (secondary N) is 1. The molecular formula is C20H22F2N4O2S. The molecule has 0 saturated carbocycles. The molecule has 0 spiro atoms. The molecular weight excluding hydrogens is 398 g/mol. The van der Waals surface area contributed by atoms with Crippen LogP contribution in [0.15, 0.2) is 18.2 Å². The molecule has 1 aromatic carbocycles. The lowest BCUT2D eigenvalue weighted by molar-refractivity contribution is -0.129. The lowest BCUT2D eigenvalue weighted by Gasteiger charge is -2.33. The first-order valence-corrected chi connectivity index (χ1v) is 10.5. The van der Waals surface area contributed by atoms with E-state index in [1.54, 1.807) is 18.3 Å². The van der Waals surface area contributed by atoms with Crippen molar-refractivity contribution in [2.75, 3.05) is 36.4 Å². The van der Waals surface area contributed by atoms with E-state index in [-0.39, 0.29) is 23.4 Å². The van der Waals surface area contributed by atoms with Crippen molar-refractivity contribution in [3.05, 3.63) is 40.4 Å². The molecule has 6 nitrogen and oxygen atoms in total. The van der Waals surface area contributed by atoms with Crippen molar-refractivity contribution in [2.45, 2.75) is 26.2 Å². The highest BCUT2D eigenvalue weighted by atomic mass is 32.1. The first-order chi connectivity index (χ1) is 13.9. The minimum atomic E-state index is -0.981. The van der Waals surface area contributed by atoms with Gasteiger partial charge < -0.3 is 15.1 Å². The van der Waals surface area contributed by atoms with Crippen LogP contribution < -0.4 is 10.2 Å². The first kappa shape index (κ1) is 19.8. The molecule has 1 fully saturated rings. The van der Waals surface area contributed by atoms with Crippen LogP contribution in [0.2, 0.25) is 0 Å². The maximum Gasteiger partial charge on any atom is 0.227 e. The minimum absolute atomic E-state index is 0.0953. The van der Waals surface area contributed by atoms with E-state index in [1.807, 2.05) is 4.90 Å². The lowest BCUT2D eigenvalue weighted by Crippen LogP contribution is -2.48. The van der Waals surface area contributed by atoms with Crippen molar-refractivity contribution in [2.24, 2.45) is 5.92 Å². The Morgan fingerprint density at radius 2 is 1.93 bits per heavy atom. The molecule has 2 aromatic rings. The van der Waals surface area contributed by atoms with Gasteiger partial charge in [0.1, 0.15) is 0 Å². The minimum Gasteiger partial charge on any atom is -0.345 e. The number of amides is 2. The Hall–Kier alpha value is -2.55. The van der Waals surface area contributed by atoms with Crippen molar-refractivity contribution < 1.29 is 18.4 Å². The number of piperazine rings is 1. The number of thiazole rings is 1. The first-order valence-electron chi connectivity index (χ1n) is 9.65. The molecule has 2 aliphatic rings. The van der Waals surface area contributed by atoms with Crippen LogP contribution in [0.5, 0.6) is 0 Å². The van der Waals surface area contributed by atoms with Crippen LogP contribution in [0.4, 0.5) is 19.6 Å². The van der Waals surface area contributed by atoms with Gasteiger partial charge in [0.15, 0.2) is 16.8 Å². The molecule has 1 aromatic heterocycles. The molecule has 0 bridgehead atoms. The van der Waals surface area contributed by atoms with Gasteiger partial charge in [-0.25, -0.2) is 13.8 Å². The molecule has 9 heteroatoms. The summed E-state index contributed by atoms with van der Waals surface area (Å²) >= 11 is 1.61. The van der Waals surface area contributed by atoms with Crippen molar-refractivity contribution in [1.29, 1.82) is 0 Å². The molecule has 1 aliphatic heterocycles. The monoisotopic (exact) mass is 420 g/mol. The predicted molar refractivity (Wildman–Crippen MR) is 107 cm³/mol. The van der Waals surface area contributed by atoms with E-state index >= 15 is 0 Å². The predicted octanol–water partition coefficient (Wildman–Crippen LogP) is 2.83. The number of aromatic nitrogens is 1. The molecule has 0 unspecified atom stereocenters. The van der Waals surface area contributed by atoms with E-state index in [1.165, 1.54) is 6.07 Å². The maximum atomic E-state index is 13.4. The number of carbonyl (C=O) groups is 2. The van der Waals surface area contributed by atoms with E-state index in [0.29, 0.717) is 25.9 Å². The normalized spacial score (nSPS) is 19.1. The summed E-state index contributed by atoms with van der Waals surface area (Å²) in [6.07, 6.45) is 1.98. The summed E-state index contributed by atoms with van der Waals surface area (Å²) in [7, 11) is 0. The second-order valence-corrected chi connectivity index (χ2v) is 8.48. The van der Waals surface area contributed by atoms with Gasteiger partial charge in [0.25, 0.3) is 0 Å². The fourth-order valence-corrected chi connectivity index (χ4v) is 4.99. The summed E-state index contributed by atoms with van der Waals surface area (Å²) in [5, 5.41) is 3.63. The van der Waals surface area contributed by atoms with E-state index in [0.717, 1.165) is 47.3 Å². The van der Waals surface area contributed by atoms with Gasteiger partial charge in [0.05, 0.1) is 5.69 Å². The molecule has 0 radical (unpaired) electrons. The van der Waals surface area contributed by atoms with Crippen molar-refractivity contribution in [3.8, 4) is 0 Å². The topological polar surface area (TPSA) is 65.5 Å². The molecule has 29 heavy (non-hydrogen) atoms. The molecule has 4 rings (SSSR count). The average molecular weight is 420 g/mol. The molecule has 1 N–H and O–H groups in total. The second kappa shape index (κ2) is 8.06. The Morgan fingerprint density at radius 3 is 2.62 bits per heavy atom. The van der Waals surface area contributed by atoms with Gasteiger partial charge in [-0.2, -0.15) is 0 Å². The summed E-state index contributed by atoms with van der Waals surface area (Å²) in [4.78, 5) is 34.0. The van der Waals surface area contributed by atoms with Crippen LogP contribution in [-0.2, 0) is 22.4 Å². The quantitative estimate of drug-likeness (QED) is 0.829. The van der Waals surface area contributed by atoms with Gasteiger partial charge in [-0.3, -0.25) is 9.59 Å². The number of nitrogens with zero attached hydrogens (tertiary/aromatic N) is 3. The third kappa shape index (κ3) is 4.24. The number of hydrogen-bond donors (Lipinski definition) is 1. The number of fused-ring (bicyclic) bond motifs is 1. The smallest absolute Gasteiger partial charge is 0.227 e. The number of halogens is 2. The van der Waals surface area contributed by atoms with Gasteiger partial charge in [-0.15, -0.1) is 11.3 Å². The Balaban J connectivity index is 1.39. The summed E-state index contributed by atoms with van der Waals surface area (Å²) in [5.41, 5.74) is 1.30. The highest BCUT2D eigenvalue weighted by Gasteiger charge is 2.29. The number of aryl methyl sites for hydroxylation is 1. The fourth-order valence-electron chi connectivity index (χ4n) is 3.75. The average Bonchev–Trinajstić information content (AvgIpc) is 3.14. The lowest BCUT2D eigenvalue weighted by atomic mass is 9.90. The number of carbonyl (C=O) groups excluding carboxylic acids is 2. The number of benzene rings is 1. The molecule has 154 valence electrons. The Morgan fingerprint density at radius 1 is 1.17 bits per heavy atom. The Bertz CT molecular complexity index is 941. The Kier molecular flexibility index (Phi) is 5.49. The van der Waals surface area contributed by atoms with Crippen molar-refractivity contribution in [1.82, 2.24) is 9.88 Å². The third-order valence-corrected chi connectivity index (χ3v) is 6.66. The van der Waals surface area contributed by atoms with Crippen molar-refractivity contribution >= 4 is 34.0 Å². The van der Waals surface area contributed by atoms with Crippen LogP contribution in [0.25, 0.3) is 0 Å². The maximum absolute atomic E-state index is 13.4. The Labute approximate surface area is 171 Å². The van der Waals surface area contributed by atoms with Crippen LogP contribution in [0, 0.1) is 17.6 Å². The summed E-state index contributed by atoms with van der Waals surface area (Å²) in [5.74, 6) is -2.24. The highest BCUT2D eigenvalue weighted by molar-refractivity contribution is 7.15. The number of anilines is 2. The molecule has 1 saturated heterocycles. The highest BCUT2D eigenvalue weighted by Crippen LogP contribution is 2.35. The zero-order chi connectivity index (χ0) is 20.5. The molecule has 2 heterocycles. The zero-order valence-corrected chi connectivity index (χ0v) is 16.9. The second-order valence-electron chi connectivity index (χ2n) is 7.42. The summed E-state index contributed by atoms with van der Waals surface area (Å²) in [6.45, 7) is 4.49. The van der Waals surface area contributed by atoms with Crippen LogP contribution in [-0.4, -0.2) is 47.9 Å². The molecule has 2 amide bonds. The molecule has 1 aliphatic carbocycles. The van der Waals surface area contributed by atoms with Gasteiger partial charge in [0, 0.05) is 55.7 Å². The van der Waals surface area contributed by atoms with Gasteiger partial charge in [-0.05, 0) is 31.4 Å². The SMILES string of the molecule is CC(=O)N1CCN(c2nc3c(s2)C[C@H](C(=O)Nc2ccc(F)c(F)c2)CC3)CC1. The van der Waals surface area contributed by atoms with Gasteiger partial charge in [-0.1, -0.05) is 0 Å². The fraction of sp³-hybridized carbons (Fsp3) is 0.450. The van der Waals surface area contributed by atoms with E-state index in [4.69, 9.17) is 4.98 Å². The molecule has 1 atom stereocenters. The standard InChI is InChI=1S/C20H22F2N4O2S/c1-12(27)25-6-8-26(9-7-25)20-24-17-5-2-13(10-18(17)29-20)19(28)23-14-3-4-15(21)16(22)11-14/h3-4,11,13H,2,5-10H2,1H3,(H,23,28)/t13-/m1/s1. The van der Waals surface area contributed by atoms with Crippen LogP contribution in [0.1, 0.15) is 23.9 Å². The van der Waals surface area contributed by atoms with Crippen LogP contribution in [0.3, 0.4) is 0 Å². The third-order valence-electron chi connectivity index (χ3n) is 5.48. The number of rotatable bonds is 3. The largest absolute Gasteiger partial charge is 0.345 e. The number of hydrogen-bond acceptors (Lipinski definition) is 5.